The average Bonchev–Trinajstić information content (AvgIpc) is 2.08. The second-order valence-electron chi connectivity index (χ2n) is 5.04. The molecule has 0 saturated heterocycles. The minimum Gasteiger partial charge on any atom is -0.263 e. The summed E-state index contributed by atoms with van der Waals surface area (Å²) in [4.78, 5) is 0. The molecule has 104 valence electrons. The van der Waals surface area contributed by atoms with Crippen LogP contribution in [0.4, 0.5) is 13.2 Å². The second kappa shape index (κ2) is 5.70. The minimum absolute atomic E-state index is 0.0929. The Morgan fingerprint density at radius 2 is 1.71 bits per heavy atom. The first-order valence-electron chi connectivity index (χ1n) is 5.37. The maximum absolute atomic E-state index is 12.1. The Kier molecular flexibility index (Phi) is 5.68. The molecular weight excluding hydrogens is 273 g/mol. The van der Waals surface area contributed by atoms with Gasteiger partial charge in [0.1, 0.15) is 0 Å². The Morgan fingerprint density at radius 1 is 1.24 bits per heavy atom. The number of alkyl halides is 3. The molecule has 0 spiro atoms. The highest BCUT2D eigenvalue weighted by Crippen LogP contribution is 2.30. The zero-order chi connectivity index (χ0) is 13.9. The molecule has 0 bridgehead atoms. The van der Waals surface area contributed by atoms with Gasteiger partial charge in [0, 0.05) is 0 Å². The van der Waals surface area contributed by atoms with Gasteiger partial charge in [-0.05, 0) is 5.54 Å². The van der Waals surface area contributed by atoms with Crippen LogP contribution in [-0.4, -0.2) is 28.6 Å². The molecular formula is C9H19F3O3SSi. The number of halogens is 3. The molecule has 0 aromatic heterocycles. The Morgan fingerprint density at radius 3 is 2.00 bits per heavy atom. The molecule has 0 amide bonds. The van der Waals surface area contributed by atoms with E-state index in [9.17, 15) is 21.6 Å². The van der Waals surface area contributed by atoms with Gasteiger partial charge in [-0.2, -0.15) is 21.6 Å². The van der Waals surface area contributed by atoms with E-state index in [2.05, 4.69) is 4.18 Å². The summed E-state index contributed by atoms with van der Waals surface area (Å²) < 4.78 is 61.8. The molecule has 0 fully saturated rings. The van der Waals surface area contributed by atoms with Gasteiger partial charge in [-0.25, -0.2) is 0 Å². The first-order chi connectivity index (χ1) is 7.42. The lowest BCUT2D eigenvalue weighted by Gasteiger charge is -2.28. The van der Waals surface area contributed by atoms with E-state index in [1.807, 2.05) is 26.6 Å². The summed E-state index contributed by atoms with van der Waals surface area (Å²) in [5, 5.41) is 0. The van der Waals surface area contributed by atoms with Crippen LogP contribution in [0.3, 0.4) is 0 Å². The van der Waals surface area contributed by atoms with Crippen LogP contribution >= 0.6 is 0 Å². The van der Waals surface area contributed by atoms with E-state index in [0.29, 0.717) is 6.42 Å². The van der Waals surface area contributed by atoms with Crippen LogP contribution < -0.4 is 0 Å². The monoisotopic (exact) mass is 292 g/mol. The fourth-order valence-electron chi connectivity index (χ4n) is 1.35. The summed E-state index contributed by atoms with van der Waals surface area (Å²) in [5.41, 5.74) is -5.42. The molecule has 0 aliphatic rings. The van der Waals surface area contributed by atoms with E-state index < -0.39 is 23.7 Å². The van der Waals surface area contributed by atoms with Gasteiger partial charge in [0.05, 0.1) is 14.7 Å². The van der Waals surface area contributed by atoms with Gasteiger partial charge in [0.2, 0.25) is 0 Å². The summed E-state index contributed by atoms with van der Waals surface area (Å²) in [6, 6.07) is 0. The molecule has 0 aliphatic carbocycles. The predicted molar refractivity (Wildman–Crippen MR) is 62.9 cm³/mol. The minimum atomic E-state index is -5.45. The fourth-order valence-corrected chi connectivity index (χ4v) is 3.69. The first kappa shape index (κ1) is 16.9. The topological polar surface area (TPSA) is 43.4 Å². The van der Waals surface area contributed by atoms with Crippen LogP contribution in [-0.2, 0) is 14.3 Å². The van der Waals surface area contributed by atoms with E-state index >= 15 is 0 Å². The fraction of sp³-hybridized carbons (Fsp3) is 1.00. The van der Waals surface area contributed by atoms with Crippen molar-refractivity contribution < 1.29 is 25.8 Å². The zero-order valence-corrected chi connectivity index (χ0v) is 12.3. The summed E-state index contributed by atoms with van der Waals surface area (Å²) in [6.07, 6.45) is 1.48. The molecule has 17 heavy (non-hydrogen) atoms. The quantitative estimate of drug-likeness (QED) is 0.428. The van der Waals surface area contributed by atoms with Crippen LogP contribution in [0.1, 0.15) is 19.8 Å². The molecule has 0 unspecified atom stereocenters. The molecule has 0 N–H and O–H groups in total. The van der Waals surface area contributed by atoms with Crippen molar-refractivity contribution in [2.75, 3.05) is 6.61 Å². The van der Waals surface area contributed by atoms with Gasteiger partial charge in [-0.1, -0.05) is 39.4 Å². The van der Waals surface area contributed by atoms with Gasteiger partial charge in [0.25, 0.3) is 0 Å². The second-order valence-corrected chi connectivity index (χ2v) is 12.2. The zero-order valence-electron chi connectivity index (χ0n) is 10.5. The highest BCUT2D eigenvalue weighted by molar-refractivity contribution is 7.87. The predicted octanol–water partition coefficient (Wildman–Crippen LogP) is 3.36. The molecule has 0 heterocycles. The summed E-state index contributed by atoms with van der Waals surface area (Å²) in [6.45, 7) is 7.49. The number of hydrogen-bond acceptors (Lipinski definition) is 3. The average molecular weight is 292 g/mol. The Balaban J connectivity index is 4.64. The van der Waals surface area contributed by atoms with Crippen LogP contribution in [0, 0.1) is 0 Å². The standard InChI is InChI=1S/C9H19F3O3SSi/c1-5-6-8(17(2,3)4)7-15-16(13,14)9(10,11)12/h8H,5-7H2,1-4H3/t8-/m1/s1. The summed E-state index contributed by atoms with van der Waals surface area (Å²) in [5.74, 6) is 0. The first-order valence-corrected chi connectivity index (χ1v) is 10.4. The molecule has 3 nitrogen and oxygen atoms in total. The molecule has 0 aromatic carbocycles. The molecule has 0 rings (SSSR count). The smallest absolute Gasteiger partial charge is 0.263 e. The molecule has 0 aromatic rings. The van der Waals surface area contributed by atoms with Crippen LogP contribution in [0.2, 0.25) is 25.2 Å². The number of hydrogen-bond donors (Lipinski definition) is 0. The van der Waals surface area contributed by atoms with Crippen molar-refractivity contribution in [2.24, 2.45) is 0 Å². The molecule has 0 radical (unpaired) electrons. The van der Waals surface area contributed by atoms with Crippen molar-refractivity contribution in [1.82, 2.24) is 0 Å². The third-order valence-corrected chi connectivity index (χ3v) is 6.49. The molecule has 1 atom stereocenters. The van der Waals surface area contributed by atoms with Crippen molar-refractivity contribution in [2.45, 2.75) is 50.5 Å². The lowest BCUT2D eigenvalue weighted by Crippen LogP contribution is -2.34. The van der Waals surface area contributed by atoms with Gasteiger partial charge in [-0.15, -0.1) is 0 Å². The maximum atomic E-state index is 12.1. The van der Waals surface area contributed by atoms with Crippen molar-refractivity contribution in [1.29, 1.82) is 0 Å². The summed E-state index contributed by atoms with van der Waals surface area (Å²) >= 11 is 0. The van der Waals surface area contributed by atoms with Crippen LogP contribution in [0.15, 0.2) is 0 Å². The van der Waals surface area contributed by atoms with Gasteiger partial charge in [-0.3, -0.25) is 4.18 Å². The van der Waals surface area contributed by atoms with Crippen molar-refractivity contribution in [3.05, 3.63) is 0 Å². The Bertz CT molecular complexity index is 332. The maximum Gasteiger partial charge on any atom is 0.523 e. The van der Waals surface area contributed by atoms with Crippen molar-refractivity contribution >= 4 is 18.2 Å². The third kappa shape index (κ3) is 5.39. The molecule has 0 aliphatic heterocycles. The van der Waals surface area contributed by atoms with Crippen LogP contribution in [0.25, 0.3) is 0 Å². The largest absolute Gasteiger partial charge is 0.523 e. The lowest BCUT2D eigenvalue weighted by molar-refractivity contribution is -0.0543. The van der Waals surface area contributed by atoms with E-state index in [0.717, 1.165) is 6.42 Å². The van der Waals surface area contributed by atoms with E-state index in [1.165, 1.54) is 0 Å². The summed E-state index contributed by atoms with van der Waals surface area (Å²) in [7, 11) is -7.17. The van der Waals surface area contributed by atoms with Crippen molar-refractivity contribution in [3.8, 4) is 0 Å². The SMILES string of the molecule is CCC[C@H](COS(=O)(=O)C(F)(F)F)[Si](C)(C)C. The van der Waals surface area contributed by atoms with Gasteiger partial charge >= 0.3 is 15.6 Å². The van der Waals surface area contributed by atoms with Crippen LogP contribution in [0.5, 0.6) is 0 Å². The van der Waals surface area contributed by atoms with Crippen molar-refractivity contribution in [3.63, 3.8) is 0 Å². The number of rotatable bonds is 6. The van der Waals surface area contributed by atoms with Gasteiger partial charge in [0.15, 0.2) is 0 Å². The highest BCUT2D eigenvalue weighted by atomic mass is 32.2. The molecule has 8 heteroatoms. The third-order valence-electron chi connectivity index (χ3n) is 2.57. The highest BCUT2D eigenvalue weighted by Gasteiger charge is 2.47. The van der Waals surface area contributed by atoms with E-state index in [4.69, 9.17) is 0 Å². The molecule has 0 saturated carbocycles. The lowest BCUT2D eigenvalue weighted by atomic mass is 10.2. The van der Waals surface area contributed by atoms with E-state index in [1.54, 1.807) is 0 Å². The van der Waals surface area contributed by atoms with E-state index in [-0.39, 0.29) is 12.1 Å². The normalized spacial score (nSPS) is 15.9. The Hall–Kier alpha value is -0.0831. The Labute approximate surface area is 101 Å². The van der Waals surface area contributed by atoms with Gasteiger partial charge < -0.3 is 0 Å².